The van der Waals surface area contributed by atoms with Gasteiger partial charge in [0.1, 0.15) is 12.2 Å². The van der Waals surface area contributed by atoms with Gasteiger partial charge in [-0.3, -0.25) is 10.1 Å². The molecule has 3 aromatic carbocycles. The second-order valence-electron chi connectivity index (χ2n) is 7.78. The average Bonchev–Trinajstić information content (AvgIpc) is 3.20. The number of nitro benzene ring substituents is 1. The molecule has 0 fully saturated rings. The van der Waals surface area contributed by atoms with Gasteiger partial charge in [-0.1, -0.05) is 60.4 Å². The Balaban J connectivity index is 1.31. The van der Waals surface area contributed by atoms with Crippen LogP contribution < -0.4 is 5.32 Å². The number of fused-ring (bicyclic) bond motifs is 3. The molecule has 1 aliphatic carbocycles. The van der Waals surface area contributed by atoms with Crippen molar-refractivity contribution in [2.24, 2.45) is 0 Å². The van der Waals surface area contributed by atoms with Gasteiger partial charge in [0.2, 0.25) is 0 Å². The van der Waals surface area contributed by atoms with Crippen LogP contribution in [0.5, 0.6) is 0 Å². The molecule has 0 radical (unpaired) electrons. The van der Waals surface area contributed by atoms with E-state index in [1.807, 2.05) is 36.4 Å². The van der Waals surface area contributed by atoms with Gasteiger partial charge in [-0.05, 0) is 34.4 Å². The molecular formula is C27H22N2O6. The first-order valence-corrected chi connectivity index (χ1v) is 10.9. The van der Waals surface area contributed by atoms with E-state index < -0.39 is 17.0 Å². The number of hydrogen-bond donors (Lipinski definition) is 1. The number of nitrogens with zero attached hydrogens (tertiary/aromatic N) is 1. The third-order valence-corrected chi connectivity index (χ3v) is 5.70. The number of ether oxygens (including phenoxy) is 2. The normalized spacial score (nSPS) is 11.5. The number of hydrogen-bond acceptors (Lipinski definition) is 6. The number of nitro groups is 1. The fourth-order valence-electron chi connectivity index (χ4n) is 4.07. The Kier molecular flexibility index (Phi) is 7.07. The van der Waals surface area contributed by atoms with Gasteiger partial charge in [0.25, 0.3) is 5.69 Å². The summed E-state index contributed by atoms with van der Waals surface area (Å²) in [6.07, 6.45) is -0.290. The summed E-state index contributed by atoms with van der Waals surface area (Å²) in [5.74, 6) is 4.82. The van der Waals surface area contributed by atoms with Crippen LogP contribution in [-0.2, 0) is 9.47 Å². The molecule has 0 aliphatic heterocycles. The average molecular weight is 470 g/mol. The van der Waals surface area contributed by atoms with Gasteiger partial charge in [-0.25, -0.2) is 9.59 Å². The Hall–Kier alpha value is -4.64. The first-order chi connectivity index (χ1) is 17.0. The van der Waals surface area contributed by atoms with E-state index in [2.05, 4.69) is 34.0 Å². The number of nitrogens with one attached hydrogen (secondary N) is 1. The number of alkyl carbamates (subject to hydrolysis) is 1. The van der Waals surface area contributed by atoms with Crippen LogP contribution in [0.1, 0.15) is 39.4 Å². The molecule has 35 heavy (non-hydrogen) atoms. The van der Waals surface area contributed by atoms with Gasteiger partial charge in [0.05, 0.1) is 17.6 Å². The molecule has 0 saturated heterocycles. The standard InChI is InChI=1S/C27H22N2O6/c1-34-26(30)19-14-13-18(25(16-19)29(32)33)8-6-7-15-28-27(31)35-17-24-22-11-4-2-9-20(22)21-10-3-5-12-23(21)24/h2-5,9-14,16,24H,7,15,17H2,1H3,(H,28,31). The largest absolute Gasteiger partial charge is 0.465 e. The summed E-state index contributed by atoms with van der Waals surface area (Å²) in [4.78, 5) is 34.5. The minimum absolute atomic E-state index is 0.0264. The molecule has 0 atom stereocenters. The topological polar surface area (TPSA) is 108 Å². The summed E-state index contributed by atoms with van der Waals surface area (Å²) in [5.41, 5.74) is 4.52. The molecule has 0 unspecified atom stereocenters. The van der Waals surface area contributed by atoms with Gasteiger partial charge in [0, 0.05) is 24.9 Å². The van der Waals surface area contributed by atoms with Crippen molar-refractivity contribution in [3.63, 3.8) is 0 Å². The van der Waals surface area contributed by atoms with Crippen LogP contribution in [0, 0.1) is 22.0 Å². The summed E-state index contributed by atoms with van der Waals surface area (Å²) in [6, 6.07) is 20.1. The van der Waals surface area contributed by atoms with Gasteiger partial charge < -0.3 is 14.8 Å². The van der Waals surface area contributed by atoms with Crippen LogP contribution in [-0.4, -0.2) is 37.2 Å². The van der Waals surface area contributed by atoms with E-state index in [4.69, 9.17) is 4.74 Å². The Morgan fingerprint density at radius 2 is 1.69 bits per heavy atom. The monoisotopic (exact) mass is 470 g/mol. The molecule has 0 spiro atoms. The van der Waals surface area contributed by atoms with Crippen LogP contribution in [0.4, 0.5) is 10.5 Å². The van der Waals surface area contributed by atoms with Crippen LogP contribution in [0.25, 0.3) is 11.1 Å². The van der Waals surface area contributed by atoms with Crippen molar-refractivity contribution in [1.82, 2.24) is 5.32 Å². The lowest BCUT2D eigenvalue weighted by atomic mass is 9.98. The Morgan fingerprint density at radius 1 is 1.03 bits per heavy atom. The third-order valence-electron chi connectivity index (χ3n) is 5.70. The fraction of sp³-hybridized carbons (Fsp3) is 0.185. The van der Waals surface area contributed by atoms with Crippen LogP contribution in [0.2, 0.25) is 0 Å². The minimum atomic E-state index is -0.667. The minimum Gasteiger partial charge on any atom is -0.465 e. The highest BCUT2D eigenvalue weighted by Crippen LogP contribution is 2.44. The Morgan fingerprint density at radius 3 is 2.31 bits per heavy atom. The Bertz CT molecular complexity index is 1310. The predicted octanol–water partition coefficient (Wildman–Crippen LogP) is 4.66. The molecule has 0 aromatic heterocycles. The van der Waals surface area contributed by atoms with Crippen LogP contribution in [0.3, 0.4) is 0 Å². The molecule has 176 valence electrons. The lowest BCUT2D eigenvalue weighted by molar-refractivity contribution is -0.385. The second-order valence-corrected chi connectivity index (χ2v) is 7.78. The molecule has 3 aromatic rings. The first kappa shape index (κ1) is 23.5. The highest BCUT2D eigenvalue weighted by molar-refractivity contribution is 5.90. The van der Waals surface area contributed by atoms with Crippen LogP contribution in [0.15, 0.2) is 66.7 Å². The molecule has 0 saturated carbocycles. The second kappa shape index (κ2) is 10.5. The molecular weight excluding hydrogens is 448 g/mol. The van der Waals surface area contributed by atoms with Gasteiger partial charge >= 0.3 is 12.1 Å². The summed E-state index contributed by atoms with van der Waals surface area (Å²) in [7, 11) is 1.20. The number of benzene rings is 3. The zero-order chi connectivity index (χ0) is 24.8. The van der Waals surface area contributed by atoms with E-state index in [1.165, 1.54) is 19.2 Å². The molecule has 8 heteroatoms. The number of carbonyl (C=O) groups excluding carboxylic acids is 2. The molecule has 8 nitrogen and oxygen atoms in total. The van der Waals surface area contributed by atoms with E-state index >= 15 is 0 Å². The molecule has 4 rings (SSSR count). The van der Waals surface area contributed by atoms with Crippen molar-refractivity contribution in [2.45, 2.75) is 12.3 Å². The SMILES string of the molecule is COC(=O)c1ccc(C#CCCNC(=O)OCC2c3ccccc3-c3ccccc32)c([N+](=O)[O-])c1. The van der Waals surface area contributed by atoms with E-state index in [1.54, 1.807) is 0 Å². The summed E-state index contributed by atoms with van der Waals surface area (Å²) in [5, 5.41) is 14.0. The van der Waals surface area contributed by atoms with Crippen molar-refractivity contribution in [2.75, 3.05) is 20.3 Å². The number of amides is 1. The van der Waals surface area contributed by atoms with Crippen molar-refractivity contribution in [3.05, 3.63) is 99.1 Å². The molecule has 1 amide bonds. The van der Waals surface area contributed by atoms with Crippen LogP contribution >= 0.6 is 0 Å². The van der Waals surface area contributed by atoms with Crippen molar-refractivity contribution in [1.29, 1.82) is 0 Å². The summed E-state index contributed by atoms with van der Waals surface area (Å²) >= 11 is 0. The summed E-state index contributed by atoms with van der Waals surface area (Å²) in [6.45, 7) is 0.433. The molecule has 0 bridgehead atoms. The van der Waals surface area contributed by atoms with E-state index in [0.29, 0.717) is 0 Å². The smallest absolute Gasteiger partial charge is 0.407 e. The number of carbonyl (C=O) groups is 2. The third kappa shape index (κ3) is 5.14. The maximum Gasteiger partial charge on any atom is 0.407 e. The number of methoxy groups -OCH3 is 1. The molecule has 0 heterocycles. The fourth-order valence-corrected chi connectivity index (χ4v) is 4.07. The highest BCUT2D eigenvalue weighted by Gasteiger charge is 2.28. The maximum atomic E-state index is 12.2. The quantitative estimate of drug-likeness (QED) is 0.185. The number of rotatable bonds is 6. The Labute approximate surface area is 202 Å². The van der Waals surface area contributed by atoms with Gasteiger partial charge in [0.15, 0.2) is 0 Å². The van der Waals surface area contributed by atoms with Crippen molar-refractivity contribution in [3.8, 4) is 23.0 Å². The van der Waals surface area contributed by atoms with Crippen molar-refractivity contribution >= 4 is 17.7 Å². The lowest BCUT2D eigenvalue weighted by Gasteiger charge is -2.14. The molecule has 1 N–H and O–H groups in total. The van der Waals surface area contributed by atoms with Gasteiger partial charge in [-0.2, -0.15) is 0 Å². The van der Waals surface area contributed by atoms with Crippen molar-refractivity contribution < 1.29 is 24.0 Å². The van der Waals surface area contributed by atoms with E-state index in [0.717, 1.165) is 28.3 Å². The first-order valence-electron chi connectivity index (χ1n) is 10.9. The lowest BCUT2D eigenvalue weighted by Crippen LogP contribution is -2.26. The predicted molar refractivity (Wildman–Crippen MR) is 129 cm³/mol. The highest BCUT2D eigenvalue weighted by atomic mass is 16.6. The zero-order valence-corrected chi connectivity index (χ0v) is 18.9. The zero-order valence-electron chi connectivity index (χ0n) is 18.9. The molecule has 1 aliphatic rings. The van der Waals surface area contributed by atoms with E-state index in [-0.39, 0.29) is 42.3 Å². The maximum absolute atomic E-state index is 12.2. The van der Waals surface area contributed by atoms with Gasteiger partial charge in [-0.15, -0.1) is 0 Å². The number of esters is 1. The van der Waals surface area contributed by atoms with E-state index in [9.17, 15) is 19.7 Å². The summed E-state index contributed by atoms with van der Waals surface area (Å²) < 4.78 is 10.1.